The molecule has 0 fully saturated rings. The molecule has 4 aromatic rings. The Morgan fingerprint density at radius 3 is 2.41 bits per heavy atom. The lowest BCUT2D eigenvalue weighted by molar-refractivity contribution is 0.102. The number of imidazole rings is 1. The maximum Gasteiger partial charge on any atom is 0.255 e. The quantitative estimate of drug-likeness (QED) is 0.399. The molecule has 3 aromatic carbocycles. The molecule has 0 unspecified atom stereocenters. The summed E-state index contributed by atoms with van der Waals surface area (Å²) in [5.74, 6) is -0.561. The topological polar surface area (TPSA) is 83.8 Å². The highest BCUT2D eigenvalue weighted by molar-refractivity contribution is 7.99. The van der Waals surface area contributed by atoms with Gasteiger partial charge in [-0.05, 0) is 59.7 Å². The molecule has 29 heavy (non-hydrogen) atoms. The molecule has 0 saturated heterocycles. The summed E-state index contributed by atoms with van der Waals surface area (Å²) in [5.41, 5.74) is 9.17. The van der Waals surface area contributed by atoms with E-state index in [0.717, 1.165) is 21.2 Å². The number of carbonyl (C=O) groups is 1. The van der Waals surface area contributed by atoms with E-state index in [1.165, 1.54) is 23.9 Å². The van der Waals surface area contributed by atoms with Crippen LogP contribution in [0.1, 0.15) is 10.4 Å². The summed E-state index contributed by atoms with van der Waals surface area (Å²) in [5, 5.41) is 3.63. The van der Waals surface area contributed by atoms with Crippen LogP contribution in [-0.2, 0) is 0 Å². The first kappa shape index (κ1) is 18.8. The molecule has 0 spiro atoms. The molecule has 0 radical (unpaired) electrons. The Kier molecular flexibility index (Phi) is 5.31. The molecule has 0 saturated carbocycles. The normalized spacial score (nSPS) is 10.7. The number of aromatic nitrogens is 2. The predicted molar refractivity (Wildman–Crippen MR) is 113 cm³/mol. The molecule has 4 N–H and O–H groups in total. The standard InChI is InChI=1S/C22H17FN4OS/c23-17-6-1-14(2-7-17)16-5-10-19(24)20(13-16)27-21(28)15-3-8-18(9-4-15)29-22-25-11-12-26-22/h1-13H,24H2,(H,25,26)(H,27,28). The first-order chi connectivity index (χ1) is 14.1. The van der Waals surface area contributed by atoms with E-state index in [1.807, 2.05) is 18.2 Å². The number of hydrogen-bond acceptors (Lipinski definition) is 4. The Hall–Kier alpha value is -3.58. The average Bonchev–Trinajstić information content (AvgIpc) is 3.24. The van der Waals surface area contributed by atoms with E-state index in [0.29, 0.717) is 16.9 Å². The van der Waals surface area contributed by atoms with E-state index in [4.69, 9.17) is 5.73 Å². The number of anilines is 2. The van der Waals surface area contributed by atoms with Crippen molar-refractivity contribution in [3.8, 4) is 11.1 Å². The van der Waals surface area contributed by atoms with Gasteiger partial charge in [0.2, 0.25) is 0 Å². The van der Waals surface area contributed by atoms with E-state index in [9.17, 15) is 9.18 Å². The Labute approximate surface area is 171 Å². The number of nitrogens with two attached hydrogens (primary N) is 1. The van der Waals surface area contributed by atoms with Gasteiger partial charge in [-0.1, -0.05) is 30.0 Å². The third-order valence-corrected chi connectivity index (χ3v) is 5.21. The molecule has 0 atom stereocenters. The number of nitrogen functional groups attached to an aromatic ring is 1. The monoisotopic (exact) mass is 404 g/mol. The van der Waals surface area contributed by atoms with Crippen LogP contribution in [0, 0.1) is 5.82 Å². The zero-order valence-corrected chi connectivity index (χ0v) is 16.0. The van der Waals surface area contributed by atoms with Crippen molar-refractivity contribution in [1.29, 1.82) is 0 Å². The molecule has 7 heteroatoms. The summed E-state index contributed by atoms with van der Waals surface area (Å²) in [6.07, 6.45) is 3.45. The van der Waals surface area contributed by atoms with Crippen molar-refractivity contribution >= 4 is 29.0 Å². The van der Waals surface area contributed by atoms with Crippen molar-refractivity contribution in [2.45, 2.75) is 10.1 Å². The van der Waals surface area contributed by atoms with Crippen molar-refractivity contribution in [3.63, 3.8) is 0 Å². The Balaban J connectivity index is 1.50. The van der Waals surface area contributed by atoms with Crippen LogP contribution in [0.25, 0.3) is 11.1 Å². The minimum Gasteiger partial charge on any atom is -0.397 e. The van der Waals surface area contributed by atoms with Crippen LogP contribution in [0.15, 0.2) is 89.2 Å². The molecule has 144 valence electrons. The SMILES string of the molecule is Nc1ccc(-c2ccc(F)cc2)cc1NC(=O)c1ccc(Sc2ncc[nH]2)cc1. The van der Waals surface area contributed by atoms with Gasteiger partial charge in [-0.15, -0.1) is 0 Å². The largest absolute Gasteiger partial charge is 0.397 e. The summed E-state index contributed by atoms with van der Waals surface area (Å²) in [6.45, 7) is 0. The molecule has 1 amide bonds. The number of hydrogen-bond donors (Lipinski definition) is 3. The second-order valence-corrected chi connectivity index (χ2v) is 7.35. The van der Waals surface area contributed by atoms with E-state index >= 15 is 0 Å². The Morgan fingerprint density at radius 2 is 1.72 bits per heavy atom. The first-order valence-electron chi connectivity index (χ1n) is 8.82. The van der Waals surface area contributed by atoms with Gasteiger partial charge in [0.25, 0.3) is 5.91 Å². The van der Waals surface area contributed by atoms with Gasteiger partial charge in [-0.25, -0.2) is 9.37 Å². The lowest BCUT2D eigenvalue weighted by atomic mass is 10.0. The number of benzene rings is 3. The molecular weight excluding hydrogens is 387 g/mol. The van der Waals surface area contributed by atoms with Gasteiger partial charge < -0.3 is 16.0 Å². The van der Waals surface area contributed by atoms with Crippen LogP contribution in [0.4, 0.5) is 15.8 Å². The summed E-state index contributed by atoms with van der Waals surface area (Å²) in [7, 11) is 0. The molecule has 0 aliphatic heterocycles. The summed E-state index contributed by atoms with van der Waals surface area (Å²) in [4.78, 5) is 20.8. The highest BCUT2D eigenvalue weighted by Crippen LogP contribution is 2.28. The number of amides is 1. The van der Waals surface area contributed by atoms with Gasteiger partial charge in [0, 0.05) is 22.9 Å². The highest BCUT2D eigenvalue weighted by Gasteiger charge is 2.10. The van der Waals surface area contributed by atoms with Crippen LogP contribution in [-0.4, -0.2) is 15.9 Å². The van der Waals surface area contributed by atoms with Crippen LogP contribution >= 0.6 is 11.8 Å². The smallest absolute Gasteiger partial charge is 0.255 e. The Bertz CT molecular complexity index is 1130. The zero-order valence-electron chi connectivity index (χ0n) is 15.2. The number of carbonyl (C=O) groups excluding carboxylic acids is 1. The maximum atomic E-state index is 13.2. The van der Waals surface area contributed by atoms with E-state index < -0.39 is 0 Å². The number of nitrogens with one attached hydrogen (secondary N) is 2. The molecule has 1 aromatic heterocycles. The van der Waals surface area contributed by atoms with Crippen molar-refractivity contribution in [2.24, 2.45) is 0 Å². The molecule has 0 aliphatic rings. The van der Waals surface area contributed by atoms with Gasteiger partial charge in [0.1, 0.15) is 5.82 Å². The number of aromatic amines is 1. The van der Waals surface area contributed by atoms with Crippen molar-refractivity contribution in [1.82, 2.24) is 9.97 Å². The van der Waals surface area contributed by atoms with Gasteiger partial charge in [0.05, 0.1) is 11.4 Å². The number of H-pyrrole nitrogens is 1. The molecule has 0 aliphatic carbocycles. The van der Waals surface area contributed by atoms with Crippen molar-refractivity contribution in [2.75, 3.05) is 11.1 Å². The number of nitrogens with zero attached hydrogens (tertiary/aromatic N) is 1. The predicted octanol–water partition coefficient (Wildman–Crippen LogP) is 5.20. The summed E-state index contributed by atoms with van der Waals surface area (Å²) in [6, 6.07) is 18.7. The first-order valence-corrected chi connectivity index (χ1v) is 9.64. The highest BCUT2D eigenvalue weighted by atomic mass is 32.2. The fourth-order valence-electron chi connectivity index (χ4n) is 2.77. The molecular formula is C22H17FN4OS. The van der Waals surface area contributed by atoms with Gasteiger partial charge in [0.15, 0.2) is 5.16 Å². The lowest BCUT2D eigenvalue weighted by Crippen LogP contribution is -2.13. The third kappa shape index (κ3) is 4.47. The van der Waals surface area contributed by atoms with Crippen molar-refractivity contribution in [3.05, 3.63) is 90.5 Å². The van der Waals surface area contributed by atoms with Crippen LogP contribution in [0.3, 0.4) is 0 Å². The zero-order chi connectivity index (χ0) is 20.2. The molecule has 0 bridgehead atoms. The summed E-state index contributed by atoms with van der Waals surface area (Å²) < 4.78 is 13.2. The van der Waals surface area contributed by atoms with E-state index in [1.54, 1.807) is 48.8 Å². The fraction of sp³-hybridized carbons (Fsp3) is 0. The maximum absolute atomic E-state index is 13.2. The molecule has 4 rings (SSSR count). The minimum atomic E-state index is -0.300. The average molecular weight is 404 g/mol. The second kappa shape index (κ2) is 8.20. The van der Waals surface area contributed by atoms with Crippen LogP contribution in [0.5, 0.6) is 0 Å². The molecule has 1 heterocycles. The van der Waals surface area contributed by atoms with Crippen molar-refractivity contribution < 1.29 is 9.18 Å². The number of rotatable bonds is 5. The number of halogens is 1. The third-order valence-electron chi connectivity index (χ3n) is 4.28. The van der Waals surface area contributed by atoms with Gasteiger partial charge in [-0.2, -0.15) is 0 Å². The lowest BCUT2D eigenvalue weighted by Gasteiger charge is -2.11. The van der Waals surface area contributed by atoms with E-state index in [2.05, 4.69) is 15.3 Å². The fourth-order valence-corrected chi connectivity index (χ4v) is 3.51. The second-order valence-electron chi connectivity index (χ2n) is 6.28. The molecule has 5 nitrogen and oxygen atoms in total. The van der Waals surface area contributed by atoms with Crippen LogP contribution < -0.4 is 11.1 Å². The van der Waals surface area contributed by atoms with Gasteiger partial charge >= 0.3 is 0 Å². The van der Waals surface area contributed by atoms with Gasteiger partial charge in [-0.3, -0.25) is 4.79 Å². The Morgan fingerprint density at radius 1 is 1.00 bits per heavy atom. The minimum absolute atomic E-state index is 0.262. The van der Waals surface area contributed by atoms with E-state index in [-0.39, 0.29) is 11.7 Å². The summed E-state index contributed by atoms with van der Waals surface area (Å²) >= 11 is 1.48. The van der Waals surface area contributed by atoms with Crippen LogP contribution in [0.2, 0.25) is 0 Å².